The Labute approximate surface area is 158 Å². The number of ether oxygens (including phenoxy) is 1. The van der Waals surface area contributed by atoms with Crippen LogP contribution in [-0.4, -0.2) is 53.2 Å². The molecule has 1 aromatic carbocycles. The van der Waals surface area contributed by atoms with Crippen LogP contribution < -0.4 is 10.2 Å². The second-order valence-electron chi connectivity index (χ2n) is 7.43. The molecule has 4 rings (SSSR count). The molecule has 1 amide bonds. The summed E-state index contributed by atoms with van der Waals surface area (Å²) < 4.78 is 7.12. The highest BCUT2D eigenvalue weighted by atomic mass is 16.5. The van der Waals surface area contributed by atoms with Crippen molar-refractivity contribution >= 4 is 11.6 Å². The maximum atomic E-state index is 12.8. The first-order valence-electron chi connectivity index (χ1n) is 9.50. The van der Waals surface area contributed by atoms with E-state index in [4.69, 9.17) is 4.74 Å². The van der Waals surface area contributed by atoms with E-state index in [0.717, 1.165) is 37.6 Å². The van der Waals surface area contributed by atoms with Gasteiger partial charge in [-0.3, -0.25) is 9.48 Å². The van der Waals surface area contributed by atoms with Crippen LogP contribution in [0.3, 0.4) is 0 Å². The van der Waals surface area contributed by atoms with Gasteiger partial charge < -0.3 is 20.1 Å². The number of morpholine rings is 1. The number of aliphatic hydroxyl groups is 1. The number of carbonyl (C=O) groups is 1. The zero-order chi connectivity index (χ0) is 18.8. The monoisotopic (exact) mass is 370 g/mol. The second-order valence-corrected chi connectivity index (χ2v) is 7.43. The van der Waals surface area contributed by atoms with Crippen LogP contribution in [-0.2, 0) is 11.8 Å². The number of aryl methyl sites for hydroxylation is 1. The molecule has 1 aliphatic carbocycles. The largest absolute Gasteiger partial charge is 0.393 e. The first-order chi connectivity index (χ1) is 13.1. The minimum atomic E-state index is -0.265. The lowest BCUT2D eigenvalue weighted by Gasteiger charge is -2.37. The number of hydrogen-bond acceptors (Lipinski definition) is 5. The van der Waals surface area contributed by atoms with Crippen LogP contribution in [0.1, 0.15) is 34.8 Å². The number of aromatic nitrogens is 2. The van der Waals surface area contributed by atoms with Crippen molar-refractivity contribution in [1.29, 1.82) is 0 Å². The van der Waals surface area contributed by atoms with Crippen molar-refractivity contribution in [3.05, 3.63) is 47.8 Å². The molecule has 0 radical (unpaired) electrons. The van der Waals surface area contributed by atoms with Gasteiger partial charge in [0, 0.05) is 43.1 Å². The molecule has 7 heteroatoms. The van der Waals surface area contributed by atoms with Crippen LogP contribution in [0.4, 0.5) is 5.69 Å². The first kappa shape index (κ1) is 18.0. The first-order valence-corrected chi connectivity index (χ1v) is 9.50. The van der Waals surface area contributed by atoms with Crippen molar-refractivity contribution in [2.75, 3.05) is 31.2 Å². The van der Waals surface area contributed by atoms with Gasteiger partial charge in [-0.05, 0) is 43.0 Å². The van der Waals surface area contributed by atoms with Crippen LogP contribution in [0.15, 0.2) is 36.7 Å². The van der Waals surface area contributed by atoms with Crippen molar-refractivity contribution in [3.63, 3.8) is 0 Å². The van der Waals surface area contributed by atoms with E-state index in [1.165, 1.54) is 0 Å². The number of nitrogens with zero attached hydrogens (tertiary/aromatic N) is 3. The van der Waals surface area contributed by atoms with Crippen LogP contribution in [0.25, 0.3) is 0 Å². The summed E-state index contributed by atoms with van der Waals surface area (Å²) in [6.45, 7) is 3.22. The van der Waals surface area contributed by atoms with Gasteiger partial charge in [-0.2, -0.15) is 5.10 Å². The number of benzene rings is 1. The smallest absolute Gasteiger partial charge is 0.251 e. The molecule has 7 nitrogen and oxygen atoms in total. The summed E-state index contributed by atoms with van der Waals surface area (Å²) in [5, 5.41) is 17.1. The molecule has 1 aromatic heterocycles. The SMILES string of the molecule is Cn1cc([C@H](NC(=O)c2ccc(N3CCOCC3)cc2)C2CC(O)C2)cn1. The Hall–Kier alpha value is -2.38. The molecule has 2 heterocycles. The molecule has 27 heavy (non-hydrogen) atoms. The van der Waals surface area contributed by atoms with E-state index in [9.17, 15) is 9.90 Å². The van der Waals surface area contributed by atoms with Crippen molar-refractivity contribution in [2.45, 2.75) is 25.0 Å². The number of aliphatic hydroxyl groups excluding tert-OH is 1. The lowest BCUT2D eigenvalue weighted by atomic mass is 9.75. The molecule has 1 aliphatic heterocycles. The van der Waals surface area contributed by atoms with Gasteiger partial charge in [0.25, 0.3) is 5.91 Å². The van der Waals surface area contributed by atoms with Gasteiger partial charge in [-0.25, -0.2) is 0 Å². The maximum absolute atomic E-state index is 12.8. The van der Waals surface area contributed by atoms with E-state index >= 15 is 0 Å². The molecule has 1 saturated carbocycles. The zero-order valence-electron chi connectivity index (χ0n) is 15.5. The van der Waals surface area contributed by atoms with E-state index in [0.29, 0.717) is 18.4 Å². The Morgan fingerprint density at radius 2 is 1.96 bits per heavy atom. The Kier molecular flexibility index (Phi) is 5.13. The third kappa shape index (κ3) is 3.99. The summed E-state index contributed by atoms with van der Waals surface area (Å²) in [5.41, 5.74) is 2.73. The van der Waals surface area contributed by atoms with E-state index in [1.807, 2.05) is 37.5 Å². The van der Waals surface area contributed by atoms with Crippen LogP contribution in [0.5, 0.6) is 0 Å². The highest BCUT2D eigenvalue weighted by Gasteiger charge is 2.36. The molecular formula is C20H26N4O3. The third-order valence-electron chi connectivity index (χ3n) is 5.50. The quantitative estimate of drug-likeness (QED) is 0.834. The molecule has 144 valence electrons. The van der Waals surface area contributed by atoms with Gasteiger partial charge in [0.15, 0.2) is 0 Å². The molecule has 0 spiro atoms. The zero-order valence-corrected chi connectivity index (χ0v) is 15.5. The third-order valence-corrected chi connectivity index (χ3v) is 5.50. The van der Waals surface area contributed by atoms with Gasteiger partial charge in [0.05, 0.1) is 31.6 Å². The van der Waals surface area contributed by atoms with E-state index < -0.39 is 0 Å². The standard InChI is InChI=1S/C20H26N4O3/c1-23-13-16(12-21-23)19(15-10-18(25)11-15)22-20(26)14-2-4-17(5-3-14)24-6-8-27-9-7-24/h2-5,12-13,15,18-19,25H,6-11H2,1H3,(H,22,26)/t15?,18?,19-/m1/s1. The average Bonchev–Trinajstić information content (AvgIpc) is 3.11. The minimum Gasteiger partial charge on any atom is -0.393 e. The molecule has 0 unspecified atom stereocenters. The summed E-state index contributed by atoms with van der Waals surface area (Å²) in [6.07, 6.45) is 4.86. The molecule has 1 atom stereocenters. The number of hydrogen-bond donors (Lipinski definition) is 2. The van der Waals surface area contributed by atoms with Crippen molar-refractivity contribution in [3.8, 4) is 0 Å². The predicted octanol–water partition coefficient (Wildman–Crippen LogP) is 1.50. The molecule has 0 bridgehead atoms. The van der Waals surface area contributed by atoms with Gasteiger partial charge >= 0.3 is 0 Å². The van der Waals surface area contributed by atoms with E-state index in [2.05, 4.69) is 15.3 Å². The maximum Gasteiger partial charge on any atom is 0.251 e. The Balaban J connectivity index is 1.45. The van der Waals surface area contributed by atoms with Crippen LogP contribution >= 0.6 is 0 Å². The summed E-state index contributed by atoms with van der Waals surface area (Å²) in [7, 11) is 1.86. The topological polar surface area (TPSA) is 79.6 Å². The van der Waals surface area contributed by atoms with Gasteiger partial charge in [-0.1, -0.05) is 0 Å². The Bertz CT molecular complexity index is 777. The molecule has 2 N–H and O–H groups in total. The van der Waals surface area contributed by atoms with E-state index in [1.54, 1.807) is 10.9 Å². The van der Waals surface area contributed by atoms with E-state index in [-0.39, 0.29) is 24.0 Å². The summed E-state index contributed by atoms with van der Waals surface area (Å²) >= 11 is 0. The fourth-order valence-corrected chi connectivity index (χ4v) is 3.85. The molecule has 2 fully saturated rings. The average molecular weight is 370 g/mol. The van der Waals surface area contributed by atoms with Gasteiger partial charge in [-0.15, -0.1) is 0 Å². The van der Waals surface area contributed by atoms with Crippen molar-refractivity contribution in [1.82, 2.24) is 15.1 Å². The number of amides is 1. The van der Waals surface area contributed by atoms with Gasteiger partial charge in [0.1, 0.15) is 0 Å². The highest BCUT2D eigenvalue weighted by Crippen LogP contribution is 2.38. The van der Waals surface area contributed by atoms with Crippen molar-refractivity contribution < 1.29 is 14.6 Å². The fraction of sp³-hybridized carbons (Fsp3) is 0.500. The molecular weight excluding hydrogens is 344 g/mol. The van der Waals surface area contributed by atoms with Gasteiger partial charge in [0.2, 0.25) is 0 Å². The van der Waals surface area contributed by atoms with Crippen LogP contribution in [0.2, 0.25) is 0 Å². The van der Waals surface area contributed by atoms with Crippen molar-refractivity contribution in [2.24, 2.45) is 13.0 Å². The summed E-state index contributed by atoms with van der Waals surface area (Å²) in [4.78, 5) is 15.1. The van der Waals surface area contributed by atoms with Crippen LogP contribution in [0, 0.1) is 5.92 Å². The summed E-state index contributed by atoms with van der Waals surface area (Å²) in [6, 6.07) is 7.60. The number of rotatable bonds is 5. The minimum absolute atomic E-state index is 0.0984. The summed E-state index contributed by atoms with van der Waals surface area (Å²) in [5.74, 6) is 0.138. The number of carbonyl (C=O) groups excluding carboxylic acids is 1. The fourth-order valence-electron chi connectivity index (χ4n) is 3.85. The predicted molar refractivity (Wildman–Crippen MR) is 102 cm³/mol. The molecule has 1 saturated heterocycles. The lowest BCUT2D eigenvalue weighted by molar-refractivity contribution is 0.0235. The Morgan fingerprint density at radius 3 is 2.56 bits per heavy atom. The highest BCUT2D eigenvalue weighted by molar-refractivity contribution is 5.94. The molecule has 2 aromatic rings. The number of anilines is 1. The lowest BCUT2D eigenvalue weighted by Crippen LogP contribution is -2.41. The Morgan fingerprint density at radius 1 is 1.26 bits per heavy atom. The number of nitrogens with one attached hydrogen (secondary N) is 1. The second kappa shape index (κ2) is 7.70. The normalized spacial score (nSPS) is 23.6. The molecule has 2 aliphatic rings.